The van der Waals surface area contributed by atoms with Crippen LogP contribution < -0.4 is 0 Å². The summed E-state index contributed by atoms with van der Waals surface area (Å²) in [6.07, 6.45) is 6.47. The van der Waals surface area contributed by atoms with Crippen molar-refractivity contribution in [3.63, 3.8) is 0 Å². The largest absolute Gasteiger partial charge is 0.390 e. The molecule has 106 valence electrons. The van der Waals surface area contributed by atoms with E-state index < -0.39 is 5.60 Å². The van der Waals surface area contributed by atoms with Crippen LogP contribution in [0, 0.1) is 5.92 Å². The first-order chi connectivity index (χ1) is 9.10. The fraction of sp³-hybridized carbons (Fsp3) is 0.647. The van der Waals surface area contributed by atoms with Crippen LogP contribution in [0.15, 0.2) is 30.3 Å². The lowest BCUT2D eigenvalue weighted by Gasteiger charge is -2.41. The number of aryl methyl sites for hydroxylation is 1. The molecule has 1 fully saturated rings. The lowest BCUT2D eigenvalue weighted by atomic mass is 9.72. The molecule has 0 amide bonds. The van der Waals surface area contributed by atoms with Gasteiger partial charge in [0.05, 0.1) is 5.60 Å². The van der Waals surface area contributed by atoms with Gasteiger partial charge in [-0.2, -0.15) is 0 Å². The predicted molar refractivity (Wildman–Crippen MR) is 80.2 cm³/mol. The number of rotatable bonds is 5. The Bertz CT molecular complexity index is 376. The van der Waals surface area contributed by atoms with Gasteiger partial charge in [-0.25, -0.2) is 0 Å². The van der Waals surface area contributed by atoms with E-state index in [1.807, 2.05) is 6.07 Å². The van der Waals surface area contributed by atoms with Gasteiger partial charge in [0, 0.05) is 12.5 Å². The number of nitrogens with zero attached hydrogens (tertiary/aromatic N) is 1. The topological polar surface area (TPSA) is 23.5 Å². The van der Waals surface area contributed by atoms with E-state index >= 15 is 0 Å². The van der Waals surface area contributed by atoms with E-state index in [0.717, 1.165) is 25.8 Å². The minimum absolute atomic E-state index is 0.431. The first-order valence-corrected chi connectivity index (χ1v) is 7.51. The Labute approximate surface area is 117 Å². The number of benzene rings is 1. The van der Waals surface area contributed by atoms with Crippen LogP contribution in [-0.2, 0) is 6.42 Å². The molecular formula is C17H27NO. The average Bonchev–Trinajstić information content (AvgIpc) is 2.40. The molecule has 0 spiro atoms. The van der Waals surface area contributed by atoms with E-state index in [0.29, 0.717) is 5.92 Å². The Morgan fingerprint density at radius 2 is 1.95 bits per heavy atom. The van der Waals surface area contributed by atoms with Gasteiger partial charge in [-0.1, -0.05) is 43.2 Å². The van der Waals surface area contributed by atoms with E-state index in [4.69, 9.17) is 0 Å². The van der Waals surface area contributed by atoms with E-state index in [1.54, 1.807) is 0 Å². The monoisotopic (exact) mass is 261 g/mol. The third kappa shape index (κ3) is 4.05. The Morgan fingerprint density at radius 3 is 2.63 bits per heavy atom. The van der Waals surface area contributed by atoms with Gasteiger partial charge in [-0.05, 0) is 45.3 Å². The fourth-order valence-corrected chi connectivity index (χ4v) is 3.33. The summed E-state index contributed by atoms with van der Waals surface area (Å²) in [5.74, 6) is 0.431. The highest BCUT2D eigenvalue weighted by atomic mass is 16.3. The molecule has 2 rings (SSSR count). The summed E-state index contributed by atoms with van der Waals surface area (Å²) in [6, 6.07) is 10.5. The van der Waals surface area contributed by atoms with Gasteiger partial charge in [0.15, 0.2) is 0 Å². The quantitative estimate of drug-likeness (QED) is 0.880. The molecule has 1 aliphatic carbocycles. The summed E-state index contributed by atoms with van der Waals surface area (Å²) in [5.41, 5.74) is 0.878. The highest BCUT2D eigenvalue weighted by Gasteiger charge is 2.38. The summed E-state index contributed by atoms with van der Waals surface area (Å²) >= 11 is 0. The molecule has 0 bridgehead atoms. The van der Waals surface area contributed by atoms with Crippen LogP contribution in [0.1, 0.15) is 37.7 Å². The highest BCUT2D eigenvalue weighted by molar-refractivity contribution is 5.15. The average molecular weight is 261 g/mol. The molecule has 2 atom stereocenters. The number of hydrogen-bond donors (Lipinski definition) is 1. The maximum absolute atomic E-state index is 11.0. The Morgan fingerprint density at radius 1 is 1.21 bits per heavy atom. The van der Waals surface area contributed by atoms with Gasteiger partial charge < -0.3 is 10.0 Å². The first kappa shape index (κ1) is 14.5. The van der Waals surface area contributed by atoms with Crippen molar-refractivity contribution in [3.05, 3.63) is 35.9 Å². The number of aliphatic hydroxyl groups is 1. The molecule has 0 saturated heterocycles. The van der Waals surface area contributed by atoms with Crippen molar-refractivity contribution < 1.29 is 5.11 Å². The molecular weight excluding hydrogens is 234 g/mol. The second-order valence-corrected chi connectivity index (χ2v) is 6.29. The summed E-state index contributed by atoms with van der Waals surface area (Å²) in [4.78, 5) is 2.21. The standard InChI is InChI=1S/C17H27NO/c1-18(2)14-16-10-6-7-12-17(16,19)13-11-15-8-4-3-5-9-15/h3-5,8-9,16,19H,6-7,10-14H2,1-2H3/t16-,17+/m1/s1. The Kier molecular flexibility index (Phi) is 5.00. The molecule has 1 aromatic carbocycles. The van der Waals surface area contributed by atoms with Gasteiger partial charge in [0.2, 0.25) is 0 Å². The number of hydrogen-bond acceptors (Lipinski definition) is 2. The molecule has 0 aromatic heterocycles. The van der Waals surface area contributed by atoms with Crippen LogP contribution in [0.2, 0.25) is 0 Å². The lowest BCUT2D eigenvalue weighted by Crippen LogP contribution is -2.45. The molecule has 1 saturated carbocycles. The van der Waals surface area contributed by atoms with E-state index in [9.17, 15) is 5.11 Å². The van der Waals surface area contributed by atoms with E-state index in [2.05, 4.69) is 43.3 Å². The van der Waals surface area contributed by atoms with Crippen LogP contribution >= 0.6 is 0 Å². The van der Waals surface area contributed by atoms with Crippen LogP contribution in [0.3, 0.4) is 0 Å². The molecule has 2 heteroatoms. The van der Waals surface area contributed by atoms with Crippen molar-refractivity contribution in [2.24, 2.45) is 5.92 Å². The predicted octanol–water partition coefficient (Wildman–Crippen LogP) is 3.10. The smallest absolute Gasteiger partial charge is 0.0691 e. The van der Waals surface area contributed by atoms with Crippen molar-refractivity contribution in [3.8, 4) is 0 Å². The zero-order valence-electron chi connectivity index (χ0n) is 12.3. The molecule has 19 heavy (non-hydrogen) atoms. The van der Waals surface area contributed by atoms with Crippen LogP contribution in [-0.4, -0.2) is 36.2 Å². The normalized spacial score (nSPS) is 27.7. The Balaban J connectivity index is 1.97. The van der Waals surface area contributed by atoms with Crippen molar-refractivity contribution in [2.45, 2.75) is 44.1 Å². The van der Waals surface area contributed by atoms with Crippen molar-refractivity contribution in [1.29, 1.82) is 0 Å². The molecule has 0 aliphatic heterocycles. The first-order valence-electron chi connectivity index (χ1n) is 7.51. The summed E-state index contributed by atoms with van der Waals surface area (Å²) < 4.78 is 0. The third-order valence-electron chi connectivity index (χ3n) is 4.45. The molecule has 0 radical (unpaired) electrons. The van der Waals surface area contributed by atoms with Gasteiger partial charge >= 0.3 is 0 Å². The SMILES string of the molecule is CN(C)C[C@H]1CCCC[C@]1(O)CCc1ccccc1. The van der Waals surface area contributed by atoms with Gasteiger partial charge in [0.25, 0.3) is 0 Å². The second-order valence-electron chi connectivity index (χ2n) is 6.29. The molecule has 2 nitrogen and oxygen atoms in total. The molecule has 0 unspecified atom stereocenters. The van der Waals surface area contributed by atoms with Gasteiger partial charge in [0.1, 0.15) is 0 Å². The molecule has 1 N–H and O–H groups in total. The molecule has 1 aliphatic rings. The van der Waals surface area contributed by atoms with E-state index in [1.165, 1.54) is 24.8 Å². The van der Waals surface area contributed by atoms with Crippen molar-refractivity contribution >= 4 is 0 Å². The van der Waals surface area contributed by atoms with E-state index in [-0.39, 0.29) is 0 Å². The van der Waals surface area contributed by atoms with Crippen LogP contribution in [0.5, 0.6) is 0 Å². The molecule has 1 aromatic rings. The summed E-state index contributed by atoms with van der Waals surface area (Å²) in [5, 5.41) is 11.0. The summed E-state index contributed by atoms with van der Waals surface area (Å²) in [6.45, 7) is 1.01. The fourth-order valence-electron chi connectivity index (χ4n) is 3.33. The summed E-state index contributed by atoms with van der Waals surface area (Å²) in [7, 11) is 4.21. The van der Waals surface area contributed by atoms with Crippen LogP contribution in [0.4, 0.5) is 0 Å². The maximum atomic E-state index is 11.0. The third-order valence-corrected chi connectivity index (χ3v) is 4.45. The molecule has 0 heterocycles. The lowest BCUT2D eigenvalue weighted by molar-refractivity contribution is -0.0617. The zero-order chi connectivity index (χ0) is 13.7. The Hall–Kier alpha value is -0.860. The van der Waals surface area contributed by atoms with Gasteiger partial charge in [-0.15, -0.1) is 0 Å². The second kappa shape index (κ2) is 6.53. The van der Waals surface area contributed by atoms with Crippen LogP contribution in [0.25, 0.3) is 0 Å². The zero-order valence-corrected chi connectivity index (χ0v) is 12.3. The van der Waals surface area contributed by atoms with Gasteiger partial charge in [-0.3, -0.25) is 0 Å². The minimum Gasteiger partial charge on any atom is -0.390 e. The van der Waals surface area contributed by atoms with Crippen molar-refractivity contribution in [2.75, 3.05) is 20.6 Å². The minimum atomic E-state index is -0.460. The highest BCUT2D eigenvalue weighted by Crippen LogP contribution is 2.37. The maximum Gasteiger partial charge on any atom is 0.0691 e. The van der Waals surface area contributed by atoms with Crippen molar-refractivity contribution in [1.82, 2.24) is 4.90 Å².